The van der Waals surface area contributed by atoms with Crippen LogP contribution in [0.15, 0.2) is 29.0 Å². The molecule has 0 unspecified atom stereocenters. The van der Waals surface area contributed by atoms with E-state index in [-0.39, 0.29) is 0 Å². The highest BCUT2D eigenvalue weighted by atomic mass is 35.5. The summed E-state index contributed by atoms with van der Waals surface area (Å²) in [5.74, 6) is 0. The van der Waals surface area contributed by atoms with E-state index in [1.165, 1.54) is 12.4 Å². The van der Waals surface area contributed by atoms with Crippen LogP contribution in [0.4, 0.5) is 0 Å². The normalized spacial score (nSPS) is 19.1. The van der Waals surface area contributed by atoms with Gasteiger partial charge in [0.25, 0.3) is 0 Å². The van der Waals surface area contributed by atoms with Gasteiger partial charge >= 0.3 is 0 Å². The second kappa shape index (κ2) is 4.79. The lowest BCUT2D eigenvalue weighted by Crippen LogP contribution is -2.14. The summed E-state index contributed by atoms with van der Waals surface area (Å²) in [4.78, 5) is 8.71. The van der Waals surface area contributed by atoms with Crippen molar-refractivity contribution in [1.82, 2.24) is 5.48 Å². The lowest BCUT2D eigenvalue weighted by molar-refractivity contribution is 0.0824. The zero-order chi connectivity index (χ0) is 9.68. The van der Waals surface area contributed by atoms with Gasteiger partial charge < -0.3 is 5.41 Å². The second-order valence-corrected chi connectivity index (χ2v) is 2.62. The molecule has 0 aliphatic carbocycles. The Morgan fingerprint density at radius 1 is 1.77 bits per heavy atom. The predicted octanol–water partition coefficient (Wildman–Crippen LogP) is 1.60. The molecule has 0 bridgehead atoms. The van der Waals surface area contributed by atoms with Crippen LogP contribution >= 0.6 is 11.6 Å². The fourth-order valence-corrected chi connectivity index (χ4v) is 0.982. The van der Waals surface area contributed by atoms with Gasteiger partial charge in [0.1, 0.15) is 5.17 Å². The monoisotopic (exact) mass is 199 g/mol. The molecule has 5 heteroatoms. The van der Waals surface area contributed by atoms with Gasteiger partial charge in [-0.25, -0.2) is 4.99 Å². The highest BCUT2D eigenvalue weighted by Gasteiger charge is 2.10. The van der Waals surface area contributed by atoms with Crippen molar-refractivity contribution in [3.8, 4) is 0 Å². The topological polar surface area (TPSA) is 57.5 Å². The minimum Gasteiger partial charge on any atom is -0.300 e. The van der Waals surface area contributed by atoms with Crippen molar-refractivity contribution >= 4 is 22.5 Å². The van der Waals surface area contributed by atoms with Gasteiger partial charge in [-0.3, -0.25) is 10.3 Å². The van der Waals surface area contributed by atoms with Gasteiger partial charge in [-0.15, -0.1) is 0 Å². The van der Waals surface area contributed by atoms with Crippen molar-refractivity contribution in [3.05, 3.63) is 24.0 Å². The maximum absolute atomic E-state index is 7.50. The SMILES string of the molecule is CCON/C=C1\C(=N)C=CN=C1Cl. The number of rotatable bonds is 3. The van der Waals surface area contributed by atoms with E-state index in [1.54, 1.807) is 6.08 Å². The van der Waals surface area contributed by atoms with Crippen LogP contribution in [0, 0.1) is 5.41 Å². The van der Waals surface area contributed by atoms with Crippen LogP contribution in [-0.4, -0.2) is 17.5 Å². The number of hydroxylamine groups is 1. The van der Waals surface area contributed by atoms with Gasteiger partial charge in [0.2, 0.25) is 0 Å². The van der Waals surface area contributed by atoms with E-state index in [9.17, 15) is 0 Å². The van der Waals surface area contributed by atoms with Gasteiger partial charge in [0, 0.05) is 12.4 Å². The molecule has 0 fully saturated rings. The minimum absolute atomic E-state index is 0.291. The molecule has 1 aliphatic heterocycles. The Morgan fingerprint density at radius 2 is 2.54 bits per heavy atom. The molecule has 1 rings (SSSR count). The fourth-order valence-electron chi connectivity index (χ4n) is 0.769. The first kappa shape index (κ1) is 9.95. The Balaban J connectivity index is 2.67. The van der Waals surface area contributed by atoms with E-state index < -0.39 is 0 Å². The summed E-state index contributed by atoms with van der Waals surface area (Å²) in [5.41, 5.74) is 3.40. The van der Waals surface area contributed by atoms with Gasteiger partial charge in [-0.1, -0.05) is 11.6 Å². The molecule has 13 heavy (non-hydrogen) atoms. The summed E-state index contributed by atoms with van der Waals surface area (Å²) >= 11 is 5.75. The molecule has 4 nitrogen and oxygen atoms in total. The molecule has 0 aromatic rings. The lowest BCUT2D eigenvalue weighted by atomic mass is 10.1. The zero-order valence-corrected chi connectivity index (χ0v) is 7.93. The van der Waals surface area contributed by atoms with Crippen molar-refractivity contribution in [2.75, 3.05) is 6.61 Å². The van der Waals surface area contributed by atoms with E-state index in [2.05, 4.69) is 10.5 Å². The van der Waals surface area contributed by atoms with E-state index in [4.69, 9.17) is 21.8 Å². The van der Waals surface area contributed by atoms with Gasteiger partial charge in [-0.05, 0) is 13.0 Å². The zero-order valence-electron chi connectivity index (χ0n) is 7.17. The summed E-state index contributed by atoms with van der Waals surface area (Å²) in [6.07, 6.45) is 4.56. The van der Waals surface area contributed by atoms with Crippen LogP contribution in [0.25, 0.3) is 0 Å². The fraction of sp³-hybridized carbons (Fsp3) is 0.250. The van der Waals surface area contributed by atoms with E-state index in [1.807, 2.05) is 6.92 Å². The maximum atomic E-state index is 7.50. The van der Waals surface area contributed by atoms with Crippen molar-refractivity contribution in [2.45, 2.75) is 6.92 Å². The molecular formula is C8H10ClN3O. The number of allylic oxidation sites excluding steroid dienone is 2. The van der Waals surface area contributed by atoms with Crippen LogP contribution in [0.3, 0.4) is 0 Å². The average molecular weight is 200 g/mol. The van der Waals surface area contributed by atoms with E-state index in [0.717, 1.165) is 0 Å². The Hall–Kier alpha value is -1.13. The van der Waals surface area contributed by atoms with Gasteiger partial charge in [0.15, 0.2) is 0 Å². The van der Waals surface area contributed by atoms with Crippen LogP contribution in [0.5, 0.6) is 0 Å². The second-order valence-electron chi connectivity index (χ2n) is 2.26. The number of halogens is 1. The highest BCUT2D eigenvalue weighted by Crippen LogP contribution is 2.10. The van der Waals surface area contributed by atoms with Crippen molar-refractivity contribution in [1.29, 1.82) is 5.41 Å². The number of hydrogen-bond donors (Lipinski definition) is 2. The molecular weight excluding hydrogens is 190 g/mol. The molecule has 70 valence electrons. The summed E-state index contributed by atoms with van der Waals surface area (Å²) in [7, 11) is 0. The first-order valence-electron chi connectivity index (χ1n) is 3.82. The van der Waals surface area contributed by atoms with Crippen molar-refractivity contribution in [2.24, 2.45) is 4.99 Å². The molecule has 1 heterocycles. The van der Waals surface area contributed by atoms with Crippen LogP contribution < -0.4 is 5.48 Å². The quantitative estimate of drug-likeness (QED) is 0.536. The first-order chi connectivity index (χ1) is 6.25. The third-order valence-corrected chi connectivity index (χ3v) is 1.67. The smallest absolute Gasteiger partial charge is 0.139 e. The molecule has 1 aliphatic rings. The summed E-state index contributed by atoms with van der Waals surface area (Å²) < 4.78 is 0. The number of hydrogen-bond acceptors (Lipinski definition) is 4. The van der Waals surface area contributed by atoms with Gasteiger partial charge in [0.05, 0.1) is 17.9 Å². The minimum atomic E-state index is 0.291. The average Bonchev–Trinajstić information content (AvgIpc) is 2.10. The molecule has 0 spiro atoms. The van der Waals surface area contributed by atoms with E-state index >= 15 is 0 Å². The number of nitrogens with zero attached hydrogens (tertiary/aromatic N) is 1. The molecule has 0 atom stereocenters. The third kappa shape index (κ3) is 2.68. The Labute approximate surface area is 81.4 Å². The summed E-state index contributed by atoms with van der Waals surface area (Å²) in [6, 6.07) is 0. The predicted molar refractivity (Wildman–Crippen MR) is 53.0 cm³/mol. The third-order valence-electron chi connectivity index (χ3n) is 1.37. The first-order valence-corrected chi connectivity index (χ1v) is 4.20. The van der Waals surface area contributed by atoms with E-state index in [0.29, 0.717) is 23.1 Å². The Kier molecular flexibility index (Phi) is 3.67. The molecule has 2 N–H and O–H groups in total. The molecule has 0 aromatic carbocycles. The number of aliphatic imine (C=N–C) groups is 1. The maximum Gasteiger partial charge on any atom is 0.139 e. The van der Waals surface area contributed by atoms with Crippen LogP contribution in [-0.2, 0) is 4.84 Å². The standard InChI is InChI=1S/C8H10ClN3O/c1-2-13-12-5-6-7(10)3-4-11-8(6)9/h3-5,10,12H,2H2,1H3/b6-5+,10-7?. The molecule has 0 amide bonds. The Morgan fingerprint density at radius 3 is 3.15 bits per heavy atom. The van der Waals surface area contributed by atoms with Crippen LogP contribution in [0.1, 0.15) is 6.92 Å². The summed E-state index contributed by atoms with van der Waals surface area (Å²) in [6.45, 7) is 2.40. The molecule has 0 saturated carbocycles. The highest BCUT2D eigenvalue weighted by molar-refractivity contribution is 6.73. The Bertz CT molecular complexity index is 294. The number of nitrogens with one attached hydrogen (secondary N) is 2. The largest absolute Gasteiger partial charge is 0.300 e. The lowest BCUT2D eigenvalue weighted by Gasteiger charge is -2.07. The van der Waals surface area contributed by atoms with Crippen molar-refractivity contribution in [3.63, 3.8) is 0 Å². The van der Waals surface area contributed by atoms with Gasteiger partial charge in [-0.2, -0.15) is 0 Å². The van der Waals surface area contributed by atoms with Crippen LogP contribution in [0.2, 0.25) is 0 Å². The molecule has 0 aromatic heterocycles. The van der Waals surface area contributed by atoms with Crippen molar-refractivity contribution < 1.29 is 4.84 Å². The summed E-state index contributed by atoms with van der Waals surface area (Å²) in [5, 5.41) is 7.79. The molecule has 0 saturated heterocycles. The molecule has 0 radical (unpaired) electrons.